The topological polar surface area (TPSA) is 43.4 Å². The van der Waals surface area contributed by atoms with Crippen LogP contribution in [0.15, 0.2) is 30.4 Å². The van der Waals surface area contributed by atoms with Gasteiger partial charge in [0.05, 0.1) is 7.11 Å². The van der Waals surface area contributed by atoms with Crippen LogP contribution >= 0.6 is 0 Å². The molecule has 0 bridgehead atoms. The molecule has 0 fully saturated rings. The zero-order chi connectivity index (χ0) is 13.7. The third-order valence-electron chi connectivity index (χ3n) is 3.61. The van der Waals surface area contributed by atoms with E-state index in [2.05, 4.69) is 0 Å². The van der Waals surface area contributed by atoms with Crippen molar-refractivity contribution in [2.45, 2.75) is 25.7 Å². The van der Waals surface area contributed by atoms with Crippen molar-refractivity contribution in [1.82, 2.24) is 0 Å². The largest absolute Gasteiger partial charge is 0.497 e. The number of carbonyl (C=O) groups is 2. The SMILES string of the molecule is COc1ccc2c(c1)CCC(CC/C=C/C=O)C2=O. The standard InChI is InChI=1S/C16H18O3/c1-19-14-8-9-15-13(11-14)7-6-12(16(15)18)5-3-2-4-10-17/h2,4,8-12H,3,5-7H2,1H3/b4-2+. The van der Waals surface area contributed by atoms with Crippen molar-refractivity contribution in [2.75, 3.05) is 7.11 Å². The van der Waals surface area contributed by atoms with E-state index < -0.39 is 0 Å². The average molecular weight is 258 g/mol. The second-order valence-corrected chi connectivity index (χ2v) is 4.76. The van der Waals surface area contributed by atoms with Crippen LogP contribution in [0.4, 0.5) is 0 Å². The van der Waals surface area contributed by atoms with Gasteiger partial charge in [-0.25, -0.2) is 0 Å². The van der Waals surface area contributed by atoms with E-state index in [0.29, 0.717) is 0 Å². The van der Waals surface area contributed by atoms with Crippen LogP contribution in [-0.2, 0) is 11.2 Å². The number of allylic oxidation sites excluding steroid dienone is 2. The van der Waals surface area contributed by atoms with Gasteiger partial charge in [-0.1, -0.05) is 6.08 Å². The summed E-state index contributed by atoms with van der Waals surface area (Å²) in [4.78, 5) is 22.5. The molecule has 1 aromatic rings. The Morgan fingerprint density at radius 2 is 2.26 bits per heavy atom. The highest BCUT2D eigenvalue weighted by Gasteiger charge is 2.26. The molecule has 0 aromatic heterocycles. The van der Waals surface area contributed by atoms with Crippen LogP contribution in [-0.4, -0.2) is 19.2 Å². The number of ether oxygens (including phenoxy) is 1. The Labute approximate surface area is 113 Å². The summed E-state index contributed by atoms with van der Waals surface area (Å²) in [6.07, 6.45) is 7.48. The number of aryl methyl sites for hydroxylation is 1. The van der Waals surface area contributed by atoms with Crippen LogP contribution in [0.1, 0.15) is 35.2 Å². The van der Waals surface area contributed by atoms with Gasteiger partial charge in [-0.2, -0.15) is 0 Å². The number of hydrogen-bond acceptors (Lipinski definition) is 3. The molecular formula is C16H18O3. The van der Waals surface area contributed by atoms with Crippen LogP contribution in [0.25, 0.3) is 0 Å². The van der Waals surface area contributed by atoms with Crippen LogP contribution in [0.2, 0.25) is 0 Å². The second kappa shape index (κ2) is 6.32. The smallest absolute Gasteiger partial charge is 0.166 e. The lowest BCUT2D eigenvalue weighted by molar-refractivity contribution is -0.104. The van der Waals surface area contributed by atoms with Crippen molar-refractivity contribution in [3.63, 3.8) is 0 Å². The lowest BCUT2D eigenvalue weighted by Crippen LogP contribution is -2.22. The third-order valence-corrected chi connectivity index (χ3v) is 3.61. The minimum Gasteiger partial charge on any atom is -0.497 e. The molecule has 100 valence electrons. The summed E-state index contributed by atoms with van der Waals surface area (Å²) < 4.78 is 5.18. The van der Waals surface area contributed by atoms with Gasteiger partial charge in [-0.05, 0) is 55.5 Å². The maximum Gasteiger partial charge on any atom is 0.166 e. The molecule has 0 saturated carbocycles. The Morgan fingerprint density at radius 3 is 3.00 bits per heavy atom. The normalized spacial score (nSPS) is 18.4. The highest BCUT2D eigenvalue weighted by atomic mass is 16.5. The maximum absolute atomic E-state index is 12.3. The van der Waals surface area contributed by atoms with E-state index in [0.717, 1.165) is 48.8 Å². The van der Waals surface area contributed by atoms with E-state index >= 15 is 0 Å². The summed E-state index contributed by atoms with van der Waals surface area (Å²) >= 11 is 0. The van der Waals surface area contributed by atoms with Crippen LogP contribution in [0, 0.1) is 5.92 Å². The van der Waals surface area contributed by atoms with Crippen LogP contribution < -0.4 is 4.74 Å². The Hall–Kier alpha value is -1.90. The molecule has 19 heavy (non-hydrogen) atoms. The number of aldehydes is 1. The molecule has 1 unspecified atom stereocenters. The van der Waals surface area contributed by atoms with Crippen molar-refractivity contribution in [2.24, 2.45) is 5.92 Å². The quantitative estimate of drug-likeness (QED) is 0.602. The Balaban J connectivity index is 2.07. The number of hydrogen-bond donors (Lipinski definition) is 0. The van der Waals surface area contributed by atoms with Gasteiger partial charge in [0.25, 0.3) is 0 Å². The average Bonchev–Trinajstić information content (AvgIpc) is 2.45. The number of Topliss-reactive ketones (excluding diaryl/α,β-unsaturated/α-hetero) is 1. The zero-order valence-electron chi connectivity index (χ0n) is 11.1. The van der Waals surface area contributed by atoms with E-state index in [1.165, 1.54) is 6.08 Å². The number of fused-ring (bicyclic) bond motifs is 1. The molecule has 1 aromatic carbocycles. The molecule has 0 amide bonds. The highest BCUT2D eigenvalue weighted by molar-refractivity contribution is 6.00. The fourth-order valence-electron chi connectivity index (χ4n) is 2.55. The molecule has 0 heterocycles. The van der Waals surface area contributed by atoms with Gasteiger partial charge in [0, 0.05) is 11.5 Å². The molecule has 3 heteroatoms. The number of rotatable bonds is 5. The number of carbonyl (C=O) groups excluding carboxylic acids is 2. The molecule has 0 radical (unpaired) electrons. The molecule has 0 aliphatic heterocycles. The van der Waals surface area contributed by atoms with Crippen molar-refractivity contribution in [3.05, 3.63) is 41.5 Å². The van der Waals surface area contributed by atoms with Gasteiger partial charge in [0.1, 0.15) is 12.0 Å². The lowest BCUT2D eigenvalue weighted by Gasteiger charge is -2.23. The summed E-state index contributed by atoms with van der Waals surface area (Å²) in [5.41, 5.74) is 1.92. The van der Waals surface area contributed by atoms with Gasteiger partial charge < -0.3 is 4.74 Å². The van der Waals surface area contributed by atoms with E-state index in [-0.39, 0.29) is 11.7 Å². The number of methoxy groups -OCH3 is 1. The third kappa shape index (κ3) is 3.11. The number of benzene rings is 1. The summed E-state index contributed by atoms with van der Waals surface area (Å²) in [6.45, 7) is 0. The Kier molecular flexibility index (Phi) is 4.50. The predicted molar refractivity (Wildman–Crippen MR) is 73.6 cm³/mol. The zero-order valence-corrected chi connectivity index (χ0v) is 11.1. The molecular weight excluding hydrogens is 240 g/mol. The molecule has 0 saturated heterocycles. The predicted octanol–water partition coefficient (Wildman–Crippen LogP) is 2.98. The molecule has 3 nitrogen and oxygen atoms in total. The van der Waals surface area contributed by atoms with Gasteiger partial charge in [-0.3, -0.25) is 9.59 Å². The molecule has 1 aliphatic rings. The monoisotopic (exact) mass is 258 g/mol. The van der Waals surface area contributed by atoms with Crippen LogP contribution in [0.3, 0.4) is 0 Å². The molecule has 1 atom stereocenters. The van der Waals surface area contributed by atoms with Gasteiger partial charge in [0.15, 0.2) is 5.78 Å². The fraction of sp³-hybridized carbons (Fsp3) is 0.375. The second-order valence-electron chi connectivity index (χ2n) is 4.76. The fourth-order valence-corrected chi connectivity index (χ4v) is 2.55. The van der Waals surface area contributed by atoms with Gasteiger partial charge >= 0.3 is 0 Å². The minimum absolute atomic E-state index is 0.0807. The molecule has 0 N–H and O–H groups in total. The van der Waals surface area contributed by atoms with Crippen molar-refractivity contribution in [1.29, 1.82) is 0 Å². The Bertz CT molecular complexity index is 503. The van der Waals surface area contributed by atoms with Crippen molar-refractivity contribution < 1.29 is 14.3 Å². The first-order valence-corrected chi connectivity index (χ1v) is 6.57. The summed E-state index contributed by atoms with van der Waals surface area (Å²) in [5.74, 6) is 1.11. The lowest BCUT2D eigenvalue weighted by atomic mass is 9.80. The first-order valence-electron chi connectivity index (χ1n) is 6.57. The summed E-state index contributed by atoms with van der Waals surface area (Å²) in [6, 6.07) is 5.66. The van der Waals surface area contributed by atoms with Gasteiger partial charge in [0.2, 0.25) is 0 Å². The maximum atomic E-state index is 12.3. The highest BCUT2D eigenvalue weighted by Crippen LogP contribution is 2.30. The minimum atomic E-state index is 0.0807. The summed E-state index contributed by atoms with van der Waals surface area (Å²) in [5, 5.41) is 0. The Morgan fingerprint density at radius 1 is 1.42 bits per heavy atom. The van der Waals surface area contributed by atoms with Crippen molar-refractivity contribution in [3.8, 4) is 5.75 Å². The number of ketones is 1. The molecule has 2 rings (SSSR count). The summed E-state index contributed by atoms with van der Waals surface area (Å²) in [7, 11) is 1.63. The molecule has 1 aliphatic carbocycles. The first-order chi connectivity index (χ1) is 9.26. The first kappa shape index (κ1) is 13.5. The molecule has 0 spiro atoms. The van der Waals surface area contributed by atoms with E-state index in [1.54, 1.807) is 7.11 Å². The van der Waals surface area contributed by atoms with Crippen LogP contribution in [0.5, 0.6) is 5.75 Å². The van der Waals surface area contributed by atoms with E-state index in [1.807, 2.05) is 24.3 Å². The van der Waals surface area contributed by atoms with E-state index in [9.17, 15) is 9.59 Å². The van der Waals surface area contributed by atoms with E-state index in [4.69, 9.17) is 4.74 Å². The van der Waals surface area contributed by atoms with Gasteiger partial charge in [-0.15, -0.1) is 0 Å². The van der Waals surface area contributed by atoms with Crippen molar-refractivity contribution >= 4 is 12.1 Å².